The lowest BCUT2D eigenvalue weighted by atomic mass is 10.2. The fourth-order valence-electron chi connectivity index (χ4n) is 0.702. The SMILES string of the molecule is CC1=CC=C(N)C(N)N1. The van der Waals surface area contributed by atoms with Crippen molar-refractivity contribution >= 4 is 0 Å². The lowest BCUT2D eigenvalue weighted by Crippen LogP contribution is -2.42. The summed E-state index contributed by atoms with van der Waals surface area (Å²) in [5.74, 6) is 0. The van der Waals surface area contributed by atoms with Crippen molar-refractivity contribution in [3.8, 4) is 0 Å². The molecule has 50 valence electrons. The summed E-state index contributed by atoms with van der Waals surface area (Å²) in [7, 11) is 0. The first kappa shape index (κ1) is 6.16. The van der Waals surface area contributed by atoms with E-state index in [0.29, 0.717) is 5.70 Å². The van der Waals surface area contributed by atoms with Gasteiger partial charge in [0.05, 0.1) is 0 Å². The molecule has 1 unspecified atom stereocenters. The first-order valence-corrected chi connectivity index (χ1v) is 2.86. The molecule has 1 heterocycles. The first-order valence-electron chi connectivity index (χ1n) is 2.86. The van der Waals surface area contributed by atoms with Crippen LogP contribution in [0.25, 0.3) is 0 Å². The van der Waals surface area contributed by atoms with Crippen LogP contribution in [0, 0.1) is 0 Å². The Balaban J connectivity index is 2.74. The predicted molar refractivity (Wildman–Crippen MR) is 37.1 cm³/mol. The van der Waals surface area contributed by atoms with E-state index in [9.17, 15) is 0 Å². The molecule has 9 heavy (non-hydrogen) atoms. The average Bonchev–Trinajstić information content (AvgIpc) is 1.80. The van der Waals surface area contributed by atoms with Crippen molar-refractivity contribution in [3.05, 3.63) is 23.5 Å². The number of nitrogens with one attached hydrogen (secondary N) is 1. The van der Waals surface area contributed by atoms with Crippen molar-refractivity contribution in [2.24, 2.45) is 11.5 Å². The van der Waals surface area contributed by atoms with Gasteiger partial charge in [0.25, 0.3) is 0 Å². The summed E-state index contributed by atoms with van der Waals surface area (Å²) in [6, 6.07) is 0. The van der Waals surface area contributed by atoms with Crippen LogP contribution in [-0.2, 0) is 0 Å². The summed E-state index contributed by atoms with van der Waals surface area (Å²) >= 11 is 0. The van der Waals surface area contributed by atoms with Crippen LogP contribution in [0.3, 0.4) is 0 Å². The van der Waals surface area contributed by atoms with E-state index >= 15 is 0 Å². The van der Waals surface area contributed by atoms with Crippen molar-refractivity contribution in [1.29, 1.82) is 0 Å². The Hall–Kier alpha value is -0.960. The monoisotopic (exact) mass is 125 g/mol. The molecule has 0 bridgehead atoms. The predicted octanol–water partition coefficient (Wildman–Crippen LogP) is -0.379. The van der Waals surface area contributed by atoms with Gasteiger partial charge in [-0.2, -0.15) is 0 Å². The number of hydrogen-bond donors (Lipinski definition) is 3. The largest absolute Gasteiger partial charge is 0.399 e. The highest BCUT2D eigenvalue weighted by molar-refractivity contribution is 5.23. The standard InChI is InChI=1S/C6H11N3/c1-4-2-3-5(7)6(8)9-4/h2-3,6,9H,7-8H2,1H3. The van der Waals surface area contributed by atoms with Gasteiger partial charge in [0.2, 0.25) is 0 Å². The van der Waals surface area contributed by atoms with E-state index in [1.165, 1.54) is 0 Å². The van der Waals surface area contributed by atoms with Gasteiger partial charge in [0.15, 0.2) is 0 Å². The zero-order chi connectivity index (χ0) is 6.85. The highest BCUT2D eigenvalue weighted by Crippen LogP contribution is 2.00. The molecule has 1 atom stereocenters. The zero-order valence-electron chi connectivity index (χ0n) is 5.39. The van der Waals surface area contributed by atoms with Crippen LogP contribution in [-0.4, -0.2) is 6.17 Å². The van der Waals surface area contributed by atoms with E-state index in [1.54, 1.807) is 0 Å². The summed E-state index contributed by atoms with van der Waals surface area (Å²) < 4.78 is 0. The molecular weight excluding hydrogens is 114 g/mol. The van der Waals surface area contributed by atoms with Gasteiger partial charge in [-0.05, 0) is 19.1 Å². The first-order chi connectivity index (χ1) is 4.20. The molecule has 0 aromatic rings. The highest BCUT2D eigenvalue weighted by atomic mass is 15.1. The van der Waals surface area contributed by atoms with Crippen LogP contribution in [0.15, 0.2) is 23.5 Å². The van der Waals surface area contributed by atoms with Gasteiger partial charge in [-0.15, -0.1) is 0 Å². The van der Waals surface area contributed by atoms with Crippen molar-refractivity contribution in [3.63, 3.8) is 0 Å². The maximum atomic E-state index is 5.52. The van der Waals surface area contributed by atoms with Gasteiger partial charge >= 0.3 is 0 Å². The Labute approximate surface area is 54.4 Å². The Kier molecular flexibility index (Phi) is 1.44. The number of allylic oxidation sites excluding steroid dienone is 3. The molecule has 3 heteroatoms. The second kappa shape index (κ2) is 2.11. The molecule has 1 aliphatic rings. The van der Waals surface area contributed by atoms with Crippen LogP contribution in [0.4, 0.5) is 0 Å². The second-order valence-corrected chi connectivity index (χ2v) is 2.14. The third-order valence-electron chi connectivity index (χ3n) is 1.27. The minimum absolute atomic E-state index is 0.199. The molecule has 0 radical (unpaired) electrons. The van der Waals surface area contributed by atoms with Crippen LogP contribution in [0.5, 0.6) is 0 Å². The molecule has 0 aliphatic carbocycles. The third-order valence-corrected chi connectivity index (χ3v) is 1.27. The van der Waals surface area contributed by atoms with E-state index in [-0.39, 0.29) is 6.17 Å². The van der Waals surface area contributed by atoms with E-state index in [0.717, 1.165) is 5.70 Å². The summed E-state index contributed by atoms with van der Waals surface area (Å²) in [6.45, 7) is 1.95. The summed E-state index contributed by atoms with van der Waals surface area (Å²) in [6.07, 6.45) is 3.52. The van der Waals surface area contributed by atoms with Gasteiger partial charge in [-0.1, -0.05) is 0 Å². The van der Waals surface area contributed by atoms with Gasteiger partial charge in [-0.25, -0.2) is 0 Å². The smallest absolute Gasteiger partial charge is 0.115 e. The van der Waals surface area contributed by atoms with Gasteiger partial charge < -0.3 is 16.8 Å². The second-order valence-electron chi connectivity index (χ2n) is 2.14. The van der Waals surface area contributed by atoms with E-state index in [4.69, 9.17) is 11.5 Å². The molecule has 0 amide bonds. The maximum Gasteiger partial charge on any atom is 0.115 e. The number of hydrogen-bond acceptors (Lipinski definition) is 3. The molecule has 1 rings (SSSR count). The summed E-state index contributed by atoms with van der Waals surface area (Å²) in [5.41, 5.74) is 12.7. The Morgan fingerprint density at radius 3 is 2.67 bits per heavy atom. The number of nitrogens with two attached hydrogens (primary N) is 2. The van der Waals surface area contributed by atoms with Crippen molar-refractivity contribution in [1.82, 2.24) is 5.32 Å². The number of dihydropyridines is 1. The maximum absolute atomic E-state index is 5.52. The molecule has 3 nitrogen and oxygen atoms in total. The molecule has 1 aliphatic heterocycles. The molecule has 0 spiro atoms. The molecule has 5 N–H and O–H groups in total. The van der Waals surface area contributed by atoms with E-state index < -0.39 is 0 Å². The lowest BCUT2D eigenvalue weighted by Gasteiger charge is -2.18. The molecule has 0 aromatic heterocycles. The summed E-state index contributed by atoms with van der Waals surface area (Å²) in [5, 5.41) is 2.97. The molecule has 0 saturated carbocycles. The molecular formula is C6H11N3. The van der Waals surface area contributed by atoms with Crippen LogP contribution in [0.2, 0.25) is 0 Å². The van der Waals surface area contributed by atoms with E-state index in [2.05, 4.69) is 5.32 Å². The Morgan fingerprint density at radius 1 is 1.56 bits per heavy atom. The van der Waals surface area contributed by atoms with Crippen molar-refractivity contribution in [2.75, 3.05) is 0 Å². The van der Waals surface area contributed by atoms with Crippen LogP contribution < -0.4 is 16.8 Å². The van der Waals surface area contributed by atoms with Crippen molar-refractivity contribution in [2.45, 2.75) is 13.1 Å². The Morgan fingerprint density at radius 2 is 2.22 bits per heavy atom. The molecule has 0 aromatic carbocycles. The summed E-state index contributed by atoms with van der Waals surface area (Å²) in [4.78, 5) is 0. The van der Waals surface area contributed by atoms with E-state index in [1.807, 2.05) is 19.1 Å². The molecule has 0 saturated heterocycles. The minimum Gasteiger partial charge on any atom is -0.399 e. The molecule has 0 fully saturated rings. The number of rotatable bonds is 0. The highest BCUT2D eigenvalue weighted by Gasteiger charge is 2.06. The lowest BCUT2D eigenvalue weighted by molar-refractivity contribution is 0.648. The zero-order valence-corrected chi connectivity index (χ0v) is 5.39. The van der Waals surface area contributed by atoms with Gasteiger partial charge in [0, 0.05) is 11.4 Å². The fourth-order valence-corrected chi connectivity index (χ4v) is 0.702. The third kappa shape index (κ3) is 1.23. The quantitative estimate of drug-likeness (QED) is 0.413. The topological polar surface area (TPSA) is 64.1 Å². The average molecular weight is 125 g/mol. The van der Waals surface area contributed by atoms with Crippen LogP contribution >= 0.6 is 0 Å². The fraction of sp³-hybridized carbons (Fsp3) is 0.333. The minimum atomic E-state index is -0.199. The normalized spacial score (nSPS) is 26.2. The van der Waals surface area contributed by atoms with Crippen molar-refractivity contribution < 1.29 is 0 Å². The van der Waals surface area contributed by atoms with Crippen LogP contribution in [0.1, 0.15) is 6.92 Å². The van der Waals surface area contributed by atoms with Gasteiger partial charge in [0.1, 0.15) is 6.17 Å². The van der Waals surface area contributed by atoms with Gasteiger partial charge in [-0.3, -0.25) is 0 Å². The Bertz CT molecular complexity index is 169.